The lowest BCUT2D eigenvalue weighted by Crippen LogP contribution is -2.54. The maximum absolute atomic E-state index is 3.75. The number of hydrogen-bond donors (Lipinski definition) is 1. The predicted molar refractivity (Wildman–Crippen MR) is 74.4 cm³/mol. The first-order valence-electron chi connectivity index (χ1n) is 7.65. The van der Waals surface area contributed by atoms with Crippen LogP contribution in [-0.2, 0) is 0 Å². The van der Waals surface area contributed by atoms with Crippen molar-refractivity contribution in [3.05, 3.63) is 0 Å². The molecule has 0 aromatic heterocycles. The maximum atomic E-state index is 3.75. The first-order valence-corrected chi connectivity index (χ1v) is 7.65. The van der Waals surface area contributed by atoms with Crippen LogP contribution in [-0.4, -0.2) is 35.6 Å². The molecule has 17 heavy (non-hydrogen) atoms. The Bertz CT molecular complexity index is 237. The van der Waals surface area contributed by atoms with Gasteiger partial charge in [-0.15, -0.1) is 0 Å². The molecule has 1 aliphatic carbocycles. The fraction of sp³-hybridized carbons (Fsp3) is 1.00. The largest absolute Gasteiger partial charge is 0.313 e. The molecule has 2 heteroatoms. The third-order valence-electron chi connectivity index (χ3n) is 4.81. The second-order valence-electron chi connectivity index (χ2n) is 6.48. The molecule has 1 saturated heterocycles. The first-order chi connectivity index (χ1) is 8.15. The molecule has 100 valence electrons. The Morgan fingerprint density at radius 1 is 1.12 bits per heavy atom. The minimum absolute atomic E-state index is 0.433. The van der Waals surface area contributed by atoms with Crippen LogP contribution in [0.15, 0.2) is 0 Å². The van der Waals surface area contributed by atoms with Gasteiger partial charge in [-0.3, -0.25) is 4.90 Å². The van der Waals surface area contributed by atoms with E-state index in [1.165, 1.54) is 51.5 Å². The number of likely N-dealkylation sites (N-methyl/N-ethyl adjacent to an activating group) is 1. The average molecular weight is 238 g/mol. The van der Waals surface area contributed by atoms with E-state index < -0.39 is 0 Å². The van der Waals surface area contributed by atoms with Crippen LogP contribution in [0.3, 0.4) is 0 Å². The Balaban J connectivity index is 2.08. The highest BCUT2D eigenvalue weighted by Crippen LogP contribution is 2.34. The van der Waals surface area contributed by atoms with E-state index in [9.17, 15) is 0 Å². The van der Waals surface area contributed by atoms with E-state index in [-0.39, 0.29) is 0 Å². The van der Waals surface area contributed by atoms with Crippen LogP contribution in [0, 0.1) is 0 Å². The van der Waals surface area contributed by atoms with Gasteiger partial charge in [-0.25, -0.2) is 0 Å². The third-order valence-corrected chi connectivity index (χ3v) is 4.81. The minimum Gasteiger partial charge on any atom is -0.313 e. The second-order valence-corrected chi connectivity index (χ2v) is 6.48. The highest BCUT2D eigenvalue weighted by Gasteiger charge is 2.39. The zero-order chi connectivity index (χ0) is 12.3. The summed E-state index contributed by atoms with van der Waals surface area (Å²) in [5.41, 5.74) is 0.433. The number of nitrogens with zero attached hydrogens (tertiary/aromatic N) is 1. The van der Waals surface area contributed by atoms with Crippen molar-refractivity contribution in [2.24, 2.45) is 0 Å². The minimum atomic E-state index is 0.433. The lowest BCUT2D eigenvalue weighted by atomic mass is 9.95. The molecule has 0 aromatic carbocycles. The molecule has 2 aliphatic rings. The van der Waals surface area contributed by atoms with E-state index in [1.807, 2.05) is 0 Å². The molecule has 0 spiro atoms. The summed E-state index contributed by atoms with van der Waals surface area (Å²) in [6.07, 6.45) is 9.84. The van der Waals surface area contributed by atoms with Gasteiger partial charge >= 0.3 is 0 Å². The van der Waals surface area contributed by atoms with Crippen molar-refractivity contribution >= 4 is 0 Å². The van der Waals surface area contributed by atoms with Crippen molar-refractivity contribution in [1.29, 1.82) is 0 Å². The molecule has 0 aromatic rings. The lowest BCUT2D eigenvalue weighted by Gasteiger charge is -2.42. The zero-order valence-electron chi connectivity index (χ0n) is 12.0. The van der Waals surface area contributed by atoms with Crippen LogP contribution >= 0.6 is 0 Å². The quantitative estimate of drug-likeness (QED) is 0.760. The van der Waals surface area contributed by atoms with Gasteiger partial charge < -0.3 is 5.32 Å². The molecule has 1 heterocycles. The molecule has 2 rings (SSSR count). The summed E-state index contributed by atoms with van der Waals surface area (Å²) in [7, 11) is 0. The van der Waals surface area contributed by atoms with Gasteiger partial charge in [0.15, 0.2) is 0 Å². The Kier molecular flexibility index (Phi) is 4.48. The van der Waals surface area contributed by atoms with E-state index in [2.05, 4.69) is 31.0 Å². The van der Waals surface area contributed by atoms with E-state index in [0.717, 1.165) is 18.6 Å². The monoisotopic (exact) mass is 238 g/mol. The molecule has 2 unspecified atom stereocenters. The SMILES string of the molecule is CCNC1CCCCCC1N1CCCC1(C)C. The van der Waals surface area contributed by atoms with Crippen LogP contribution < -0.4 is 5.32 Å². The Morgan fingerprint density at radius 3 is 2.53 bits per heavy atom. The van der Waals surface area contributed by atoms with Gasteiger partial charge in [0.1, 0.15) is 0 Å². The highest BCUT2D eigenvalue weighted by atomic mass is 15.3. The van der Waals surface area contributed by atoms with E-state index in [4.69, 9.17) is 0 Å². The number of rotatable bonds is 3. The van der Waals surface area contributed by atoms with Crippen molar-refractivity contribution in [2.45, 2.75) is 83.3 Å². The maximum Gasteiger partial charge on any atom is 0.0254 e. The Labute approximate surface area is 107 Å². The topological polar surface area (TPSA) is 15.3 Å². The normalized spacial score (nSPS) is 34.8. The van der Waals surface area contributed by atoms with Gasteiger partial charge in [0.2, 0.25) is 0 Å². The summed E-state index contributed by atoms with van der Waals surface area (Å²) in [6, 6.07) is 1.52. The van der Waals surface area contributed by atoms with Crippen molar-refractivity contribution in [3.63, 3.8) is 0 Å². The predicted octanol–water partition coefficient (Wildman–Crippen LogP) is 3.17. The smallest absolute Gasteiger partial charge is 0.0254 e. The van der Waals surface area contributed by atoms with Gasteiger partial charge in [0, 0.05) is 17.6 Å². The lowest BCUT2D eigenvalue weighted by molar-refractivity contribution is 0.0841. The highest BCUT2D eigenvalue weighted by molar-refractivity contribution is 4.97. The van der Waals surface area contributed by atoms with Gasteiger partial charge in [0.05, 0.1) is 0 Å². The third kappa shape index (κ3) is 3.03. The van der Waals surface area contributed by atoms with Crippen molar-refractivity contribution < 1.29 is 0 Å². The standard InChI is InChI=1S/C15H30N2/c1-4-16-13-9-6-5-7-10-14(13)17-12-8-11-15(17,2)3/h13-14,16H,4-12H2,1-3H3. The molecular weight excluding hydrogens is 208 g/mol. The molecule has 0 bridgehead atoms. The molecular formula is C15H30N2. The Morgan fingerprint density at radius 2 is 1.88 bits per heavy atom. The molecule has 2 atom stereocenters. The fourth-order valence-corrected chi connectivity index (χ4v) is 3.90. The average Bonchev–Trinajstić information content (AvgIpc) is 2.50. The number of hydrogen-bond acceptors (Lipinski definition) is 2. The van der Waals surface area contributed by atoms with Crippen LogP contribution in [0.5, 0.6) is 0 Å². The van der Waals surface area contributed by atoms with Gasteiger partial charge in [-0.1, -0.05) is 26.2 Å². The second kappa shape index (κ2) is 5.71. The summed E-state index contributed by atoms with van der Waals surface area (Å²) in [6.45, 7) is 9.56. The number of nitrogens with one attached hydrogen (secondary N) is 1. The van der Waals surface area contributed by atoms with E-state index in [1.54, 1.807) is 0 Å². The number of likely N-dealkylation sites (tertiary alicyclic amines) is 1. The summed E-state index contributed by atoms with van der Waals surface area (Å²) < 4.78 is 0. The molecule has 0 radical (unpaired) electrons. The van der Waals surface area contributed by atoms with Crippen molar-refractivity contribution in [1.82, 2.24) is 10.2 Å². The molecule has 1 aliphatic heterocycles. The van der Waals surface area contributed by atoms with Crippen LogP contribution in [0.1, 0.15) is 65.7 Å². The Hall–Kier alpha value is -0.0800. The van der Waals surface area contributed by atoms with Crippen LogP contribution in [0.25, 0.3) is 0 Å². The first kappa shape index (κ1) is 13.4. The molecule has 2 nitrogen and oxygen atoms in total. The van der Waals surface area contributed by atoms with Gasteiger partial charge in [-0.2, -0.15) is 0 Å². The summed E-state index contributed by atoms with van der Waals surface area (Å²) >= 11 is 0. The zero-order valence-corrected chi connectivity index (χ0v) is 12.0. The van der Waals surface area contributed by atoms with Crippen molar-refractivity contribution in [3.8, 4) is 0 Å². The molecule has 1 N–H and O–H groups in total. The van der Waals surface area contributed by atoms with Crippen molar-refractivity contribution in [2.75, 3.05) is 13.1 Å². The van der Waals surface area contributed by atoms with E-state index >= 15 is 0 Å². The van der Waals surface area contributed by atoms with Gasteiger partial charge in [-0.05, 0) is 52.6 Å². The summed E-state index contributed by atoms with van der Waals surface area (Å²) in [4.78, 5) is 2.81. The van der Waals surface area contributed by atoms with E-state index in [0.29, 0.717) is 5.54 Å². The molecule has 2 fully saturated rings. The molecule has 0 amide bonds. The summed E-state index contributed by atoms with van der Waals surface area (Å²) in [5.74, 6) is 0. The fourth-order valence-electron chi connectivity index (χ4n) is 3.90. The molecule has 1 saturated carbocycles. The summed E-state index contributed by atoms with van der Waals surface area (Å²) in [5, 5.41) is 3.75. The van der Waals surface area contributed by atoms with Crippen LogP contribution in [0.2, 0.25) is 0 Å². The van der Waals surface area contributed by atoms with Gasteiger partial charge in [0.25, 0.3) is 0 Å². The van der Waals surface area contributed by atoms with Crippen LogP contribution in [0.4, 0.5) is 0 Å².